The van der Waals surface area contributed by atoms with Crippen molar-refractivity contribution in [2.75, 3.05) is 13.1 Å². The largest absolute Gasteiger partial charge is 0.333 e. The van der Waals surface area contributed by atoms with Crippen molar-refractivity contribution in [3.8, 4) is 0 Å². The quantitative estimate of drug-likeness (QED) is 0.741. The molecule has 1 heterocycles. The van der Waals surface area contributed by atoms with Gasteiger partial charge in [-0.25, -0.2) is 0 Å². The second kappa shape index (κ2) is 5.00. The molecule has 1 rings (SSSR count). The molecule has 3 nitrogen and oxygen atoms in total. The average molecular weight is 224 g/mol. The maximum atomic E-state index is 12.4. The number of rotatable bonds is 3. The molecule has 0 radical (unpaired) electrons. The second-order valence-corrected chi connectivity index (χ2v) is 5.61. The molecule has 0 aromatic carbocycles. The maximum Gasteiger partial charge on any atom is 0.240 e. The molecule has 0 aromatic rings. The Morgan fingerprint density at radius 2 is 2.19 bits per heavy atom. The molecule has 1 fully saturated rings. The van der Waals surface area contributed by atoms with Crippen LogP contribution < -0.4 is 5.32 Å². The second-order valence-electron chi connectivity index (χ2n) is 5.61. The van der Waals surface area contributed by atoms with Crippen LogP contribution >= 0.6 is 0 Å². The fourth-order valence-corrected chi connectivity index (χ4v) is 2.16. The lowest BCUT2D eigenvalue weighted by atomic mass is 9.98. The number of hydrogen-bond donors (Lipinski definition) is 1. The highest BCUT2D eigenvalue weighted by atomic mass is 16.2. The number of carbonyl (C=O) groups excluding carboxylic acids is 1. The Kier molecular flexibility index (Phi) is 4.14. The topological polar surface area (TPSA) is 32.3 Å². The lowest BCUT2D eigenvalue weighted by Gasteiger charge is -2.37. The molecule has 0 aromatic heterocycles. The summed E-state index contributed by atoms with van der Waals surface area (Å²) in [5.74, 6) is 0.638. The number of hydrogen-bond acceptors (Lipinski definition) is 2. The minimum Gasteiger partial charge on any atom is -0.333 e. The fourth-order valence-electron chi connectivity index (χ4n) is 2.16. The van der Waals surface area contributed by atoms with Gasteiger partial charge in [0.05, 0.1) is 6.04 Å². The van der Waals surface area contributed by atoms with E-state index in [4.69, 9.17) is 0 Å². The Bertz CT molecular complexity index is 268. The van der Waals surface area contributed by atoms with Crippen molar-refractivity contribution < 1.29 is 4.79 Å². The third kappa shape index (κ3) is 2.85. The average Bonchev–Trinajstić information content (AvgIpc) is 2.58. The lowest BCUT2D eigenvalue weighted by Crippen LogP contribution is -2.53. The van der Waals surface area contributed by atoms with Crippen LogP contribution in [0.15, 0.2) is 12.7 Å². The smallest absolute Gasteiger partial charge is 0.240 e. The van der Waals surface area contributed by atoms with Crippen LogP contribution in [0.2, 0.25) is 0 Å². The number of amides is 1. The van der Waals surface area contributed by atoms with Crippen LogP contribution in [0.3, 0.4) is 0 Å². The third-order valence-corrected chi connectivity index (χ3v) is 3.19. The van der Waals surface area contributed by atoms with Crippen molar-refractivity contribution in [2.24, 2.45) is 5.92 Å². The van der Waals surface area contributed by atoms with Gasteiger partial charge in [0.2, 0.25) is 5.91 Å². The Balaban J connectivity index is 2.78. The molecule has 92 valence electrons. The molecular formula is C13H24N2O. The van der Waals surface area contributed by atoms with Gasteiger partial charge in [-0.2, -0.15) is 0 Å². The van der Waals surface area contributed by atoms with Crippen LogP contribution in [-0.2, 0) is 4.79 Å². The van der Waals surface area contributed by atoms with Gasteiger partial charge >= 0.3 is 0 Å². The molecule has 0 bridgehead atoms. The van der Waals surface area contributed by atoms with Crippen molar-refractivity contribution >= 4 is 5.91 Å². The summed E-state index contributed by atoms with van der Waals surface area (Å²) < 4.78 is 0. The van der Waals surface area contributed by atoms with E-state index in [0.29, 0.717) is 12.5 Å². The molecule has 1 N–H and O–H groups in total. The minimum absolute atomic E-state index is 0.0147. The first-order valence-electron chi connectivity index (χ1n) is 6.03. The summed E-state index contributed by atoms with van der Waals surface area (Å²) >= 11 is 0. The summed E-state index contributed by atoms with van der Waals surface area (Å²) in [6.07, 6.45) is 2.88. The van der Waals surface area contributed by atoms with E-state index < -0.39 is 0 Å². The molecular weight excluding hydrogens is 200 g/mol. The monoisotopic (exact) mass is 224 g/mol. The zero-order valence-corrected chi connectivity index (χ0v) is 10.9. The molecule has 2 unspecified atom stereocenters. The van der Waals surface area contributed by atoms with Crippen LogP contribution in [0.1, 0.15) is 34.1 Å². The summed E-state index contributed by atoms with van der Waals surface area (Å²) in [6.45, 7) is 13.6. The van der Waals surface area contributed by atoms with Crippen LogP contribution in [-0.4, -0.2) is 35.5 Å². The predicted molar refractivity (Wildman–Crippen MR) is 67.2 cm³/mol. The highest BCUT2D eigenvalue weighted by molar-refractivity contribution is 5.83. The van der Waals surface area contributed by atoms with Crippen LogP contribution in [0.4, 0.5) is 0 Å². The van der Waals surface area contributed by atoms with Gasteiger partial charge in [0, 0.05) is 12.1 Å². The fraction of sp³-hybridized carbons (Fsp3) is 0.769. The predicted octanol–water partition coefficient (Wildman–Crippen LogP) is 1.80. The molecule has 3 heteroatoms. The van der Waals surface area contributed by atoms with Gasteiger partial charge in [-0.15, -0.1) is 6.58 Å². The molecule has 16 heavy (non-hydrogen) atoms. The van der Waals surface area contributed by atoms with Crippen LogP contribution in [0.25, 0.3) is 0 Å². The first-order valence-corrected chi connectivity index (χ1v) is 6.03. The zero-order chi connectivity index (χ0) is 12.3. The molecule has 0 saturated carbocycles. The number of nitrogens with zero attached hydrogens (tertiary/aromatic N) is 1. The SMILES string of the molecule is C=CCN(C(=O)C1NCCC1C)C(C)(C)C. The summed E-state index contributed by atoms with van der Waals surface area (Å²) in [7, 11) is 0. The van der Waals surface area contributed by atoms with Crippen LogP contribution in [0, 0.1) is 5.92 Å². The van der Waals surface area contributed by atoms with Gasteiger partial charge in [-0.3, -0.25) is 4.79 Å². The van der Waals surface area contributed by atoms with E-state index in [9.17, 15) is 4.79 Å². The molecule has 1 aliphatic heterocycles. The molecule has 0 spiro atoms. The van der Waals surface area contributed by atoms with Crippen molar-refractivity contribution in [1.82, 2.24) is 10.2 Å². The summed E-state index contributed by atoms with van der Waals surface area (Å²) in [6, 6.07) is -0.0147. The normalized spacial score (nSPS) is 25.5. The highest BCUT2D eigenvalue weighted by Crippen LogP contribution is 2.21. The Morgan fingerprint density at radius 3 is 2.56 bits per heavy atom. The van der Waals surface area contributed by atoms with E-state index in [1.54, 1.807) is 6.08 Å². The first-order chi connectivity index (χ1) is 7.38. The van der Waals surface area contributed by atoms with Gasteiger partial charge in [0.15, 0.2) is 0 Å². The van der Waals surface area contributed by atoms with E-state index in [0.717, 1.165) is 13.0 Å². The van der Waals surface area contributed by atoms with Crippen molar-refractivity contribution in [3.63, 3.8) is 0 Å². The van der Waals surface area contributed by atoms with E-state index >= 15 is 0 Å². The van der Waals surface area contributed by atoms with Gasteiger partial charge in [0.1, 0.15) is 0 Å². The standard InChI is InChI=1S/C13H24N2O/c1-6-9-15(13(3,4)5)12(16)11-10(2)7-8-14-11/h6,10-11,14H,1,7-9H2,2-5H3. The zero-order valence-electron chi connectivity index (χ0n) is 10.9. The summed E-state index contributed by atoms with van der Waals surface area (Å²) in [5, 5.41) is 3.29. The van der Waals surface area contributed by atoms with E-state index in [1.807, 2.05) is 4.90 Å². The van der Waals surface area contributed by atoms with E-state index in [-0.39, 0.29) is 17.5 Å². The molecule has 1 amide bonds. The van der Waals surface area contributed by atoms with E-state index in [2.05, 4.69) is 39.6 Å². The highest BCUT2D eigenvalue weighted by Gasteiger charge is 2.35. The lowest BCUT2D eigenvalue weighted by molar-refractivity contribution is -0.138. The van der Waals surface area contributed by atoms with Gasteiger partial charge in [0.25, 0.3) is 0 Å². The molecule has 1 aliphatic rings. The Labute approximate surface area is 98.9 Å². The van der Waals surface area contributed by atoms with Gasteiger partial charge < -0.3 is 10.2 Å². The van der Waals surface area contributed by atoms with Crippen molar-refractivity contribution in [1.29, 1.82) is 0 Å². The summed E-state index contributed by atoms with van der Waals surface area (Å²) in [4.78, 5) is 14.3. The van der Waals surface area contributed by atoms with E-state index in [1.165, 1.54) is 0 Å². The van der Waals surface area contributed by atoms with Gasteiger partial charge in [-0.1, -0.05) is 13.0 Å². The maximum absolute atomic E-state index is 12.4. The number of nitrogens with one attached hydrogen (secondary N) is 1. The first kappa shape index (κ1) is 13.2. The molecule has 0 aliphatic carbocycles. The van der Waals surface area contributed by atoms with Crippen molar-refractivity contribution in [3.05, 3.63) is 12.7 Å². The molecule has 1 saturated heterocycles. The Hall–Kier alpha value is -0.830. The minimum atomic E-state index is -0.144. The van der Waals surface area contributed by atoms with Crippen molar-refractivity contribution in [2.45, 2.75) is 45.7 Å². The van der Waals surface area contributed by atoms with Crippen LogP contribution in [0.5, 0.6) is 0 Å². The van der Waals surface area contributed by atoms with Gasteiger partial charge in [-0.05, 0) is 39.7 Å². The molecule has 2 atom stereocenters. The Morgan fingerprint density at radius 1 is 1.56 bits per heavy atom. The number of carbonyl (C=O) groups is 1. The summed E-state index contributed by atoms with van der Waals surface area (Å²) in [5.41, 5.74) is -0.144. The third-order valence-electron chi connectivity index (χ3n) is 3.19.